The van der Waals surface area contributed by atoms with Crippen molar-refractivity contribution in [1.29, 1.82) is 0 Å². The van der Waals surface area contributed by atoms with E-state index in [1.807, 2.05) is 5.32 Å². The zero-order valence-corrected chi connectivity index (χ0v) is 12.8. The Balaban J connectivity index is 2.34. The number of carbonyl (C=O) groups is 3. The van der Waals surface area contributed by atoms with Crippen molar-refractivity contribution >= 4 is 27.7 Å². The molecule has 0 aliphatic carbocycles. The quantitative estimate of drug-likeness (QED) is 0.640. The summed E-state index contributed by atoms with van der Waals surface area (Å²) < 4.78 is 22.5. The normalized spacial score (nSPS) is 20.8. The summed E-state index contributed by atoms with van der Waals surface area (Å²) in [7, 11) is -3.00. The van der Waals surface area contributed by atoms with Gasteiger partial charge in [0.2, 0.25) is 5.91 Å². The van der Waals surface area contributed by atoms with Gasteiger partial charge in [0.05, 0.1) is 16.9 Å². The third-order valence-electron chi connectivity index (χ3n) is 3.31. The van der Waals surface area contributed by atoms with Gasteiger partial charge in [-0.15, -0.1) is 0 Å². The van der Waals surface area contributed by atoms with E-state index in [0.717, 1.165) is 0 Å². The van der Waals surface area contributed by atoms with E-state index in [2.05, 4.69) is 5.32 Å². The van der Waals surface area contributed by atoms with Gasteiger partial charge in [-0.1, -0.05) is 0 Å². The number of hydrogen-bond acceptors (Lipinski definition) is 5. The van der Waals surface area contributed by atoms with Crippen molar-refractivity contribution in [2.75, 3.05) is 18.1 Å². The van der Waals surface area contributed by atoms with E-state index in [1.54, 1.807) is 0 Å². The van der Waals surface area contributed by atoms with Crippen LogP contribution in [0.15, 0.2) is 0 Å². The van der Waals surface area contributed by atoms with Gasteiger partial charge in [0.1, 0.15) is 0 Å². The van der Waals surface area contributed by atoms with Crippen LogP contribution in [0.25, 0.3) is 0 Å². The number of aliphatic carboxylic acids is 1. The Morgan fingerprint density at radius 3 is 2.38 bits per heavy atom. The highest BCUT2D eigenvalue weighted by Gasteiger charge is 2.31. The molecule has 3 amide bonds. The highest BCUT2D eigenvalue weighted by atomic mass is 32.2. The van der Waals surface area contributed by atoms with Gasteiger partial charge in [-0.3, -0.25) is 14.9 Å². The first kappa shape index (κ1) is 17.4. The number of carbonyl (C=O) groups excluding carboxylic acids is 2. The lowest BCUT2D eigenvalue weighted by Crippen LogP contribution is -2.43. The first-order valence-electron chi connectivity index (χ1n) is 6.53. The second-order valence-corrected chi connectivity index (χ2v) is 8.12. The average molecular weight is 320 g/mol. The number of rotatable bonds is 5. The first-order valence-corrected chi connectivity index (χ1v) is 8.35. The number of carboxylic acids is 1. The highest BCUT2D eigenvalue weighted by Crippen LogP contribution is 2.20. The van der Waals surface area contributed by atoms with Crippen LogP contribution in [0.1, 0.15) is 26.7 Å². The predicted octanol–water partition coefficient (Wildman–Crippen LogP) is -0.252. The summed E-state index contributed by atoms with van der Waals surface area (Å²) >= 11 is 0. The molecule has 1 fully saturated rings. The number of sulfone groups is 1. The van der Waals surface area contributed by atoms with Gasteiger partial charge in [-0.2, -0.15) is 0 Å². The lowest BCUT2D eigenvalue weighted by Gasteiger charge is -2.18. The van der Waals surface area contributed by atoms with Gasteiger partial charge in [-0.05, 0) is 26.2 Å². The van der Waals surface area contributed by atoms with Crippen LogP contribution in [0.5, 0.6) is 0 Å². The zero-order valence-electron chi connectivity index (χ0n) is 12.0. The number of urea groups is 1. The molecule has 0 spiro atoms. The number of carboxylic acid groups (broad SMARTS) is 1. The summed E-state index contributed by atoms with van der Waals surface area (Å²) in [6, 6.07) is -0.745. The van der Waals surface area contributed by atoms with Crippen LogP contribution < -0.4 is 10.6 Å². The standard InChI is InChI=1S/C12H20N2O6S/c1-12(2,10(16)17)5-9(15)14-11(18)13-6-8-3-4-21(19,20)7-8/h8H,3-7H2,1-2H3,(H,16,17)(H2,13,14,15,18). The van der Waals surface area contributed by atoms with Crippen molar-refractivity contribution in [3.05, 3.63) is 0 Å². The number of amides is 3. The highest BCUT2D eigenvalue weighted by molar-refractivity contribution is 7.91. The topological polar surface area (TPSA) is 130 Å². The van der Waals surface area contributed by atoms with Gasteiger partial charge < -0.3 is 10.4 Å². The van der Waals surface area contributed by atoms with Crippen LogP contribution in [-0.2, 0) is 19.4 Å². The molecule has 120 valence electrons. The van der Waals surface area contributed by atoms with Crippen LogP contribution in [0.2, 0.25) is 0 Å². The predicted molar refractivity (Wildman–Crippen MR) is 74.3 cm³/mol. The summed E-state index contributed by atoms with van der Waals surface area (Å²) in [4.78, 5) is 33.9. The molecule has 0 radical (unpaired) electrons. The van der Waals surface area contributed by atoms with Gasteiger partial charge in [-0.25, -0.2) is 13.2 Å². The van der Waals surface area contributed by atoms with E-state index in [9.17, 15) is 22.8 Å². The third-order valence-corrected chi connectivity index (χ3v) is 5.15. The Bertz CT molecular complexity index is 540. The van der Waals surface area contributed by atoms with Crippen molar-refractivity contribution in [1.82, 2.24) is 10.6 Å². The Morgan fingerprint density at radius 1 is 1.29 bits per heavy atom. The maximum absolute atomic E-state index is 11.5. The van der Waals surface area contributed by atoms with E-state index in [1.165, 1.54) is 13.8 Å². The number of nitrogens with one attached hydrogen (secondary N) is 2. The molecule has 1 rings (SSSR count). The molecule has 1 aliphatic rings. The van der Waals surface area contributed by atoms with Gasteiger partial charge in [0, 0.05) is 13.0 Å². The fourth-order valence-electron chi connectivity index (χ4n) is 1.96. The van der Waals surface area contributed by atoms with E-state index in [-0.39, 0.29) is 30.4 Å². The molecule has 9 heteroatoms. The van der Waals surface area contributed by atoms with Crippen LogP contribution >= 0.6 is 0 Å². The van der Waals surface area contributed by atoms with Crippen molar-refractivity contribution in [3.63, 3.8) is 0 Å². The number of imide groups is 1. The Morgan fingerprint density at radius 2 is 1.90 bits per heavy atom. The minimum Gasteiger partial charge on any atom is -0.481 e. The molecule has 0 aromatic rings. The third kappa shape index (κ3) is 5.70. The fourth-order valence-corrected chi connectivity index (χ4v) is 3.82. The zero-order chi connectivity index (χ0) is 16.3. The minimum absolute atomic E-state index is 0.0350. The summed E-state index contributed by atoms with van der Waals surface area (Å²) in [6.07, 6.45) is 0.163. The molecule has 0 aromatic carbocycles. The van der Waals surface area contributed by atoms with E-state index < -0.39 is 33.2 Å². The average Bonchev–Trinajstić information content (AvgIpc) is 2.65. The molecular weight excluding hydrogens is 300 g/mol. The molecule has 3 N–H and O–H groups in total. The van der Waals surface area contributed by atoms with Crippen molar-refractivity contribution in [2.24, 2.45) is 11.3 Å². The first-order chi connectivity index (χ1) is 9.52. The summed E-state index contributed by atoms with van der Waals surface area (Å²) in [5, 5.41) is 13.3. The molecule has 21 heavy (non-hydrogen) atoms. The molecule has 0 saturated carbocycles. The molecule has 1 heterocycles. The molecule has 1 atom stereocenters. The summed E-state index contributed by atoms with van der Waals surface area (Å²) in [5.41, 5.74) is -1.26. The van der Waals surface area contributed by atoms with E-state index >= 15 is 0 Å². The largest absolute Gasteiger partial charge is 0.481 e. The second-order valence-electron chi connectivity index (χ2n) is 5.89. The van der Waals surface area contributed by atoms with Crippen LogP contribution in [0.4, 0.5) is 4.79 Å². The smallest absolute Gasteiger partial charge is 0.321 e. The summed E-state index contributed by atoms with van der Waals surface area (Å²) in [5.74, 6) is -1.82. The lowest BCUT2D eigenvalue weighted by atomic mass is 9.89. The molecule has 8 nitrogen and oxygen atoms in total. The molecule has 0 bridgehead atoms. The minimum atomic E-state index is -3.00. The lowest BCUT2D eigenvalue weighted by molar-refractivity contribution is -0.149. The second kappa shape index (κ2) is 6.42. The number of hydrogen-bond donors (Lipinski definition) is 3. The van der Waals surface area contributed by atoms with Crippen molar-refractivity contribution in [3.8, 4) is 0 Å². The van der Waals surface area contributed by atoms with Crippen molar-refractivity contribution < 1.29 is 27.9 Å². The molecule has 1 unspecified atom stereocenters. The Hall–Kier alpha value is -1.64. The SMILES string of the molecule is CC(C)(CC(=O)NC(=O)NCC1CCS(=O)(=O)C1)C(=O)O. The monoisotopic (exact) mass is 320 g/mol. The molecule has 1 saturated heterocycles. The van der Waals surface area contributed by atoms with Gasteiger partial charge in [0.15, 0.2) is 9.84 Å². The Labute approximate surface area is 123 Å². The summed E-state index contributed by atoms with van der Waals surface area (Å²) in [6.45, 7) is 2.94. The van der Waals surface area contributed by atoms with Crippen LogP contribution in [0.3, 0.4) is 0 Å². The maximum Gasteiger partial charge on any atom is 0.321 e. The van der Waals surface area contributed by atoms with Gasteiger partial charge in [0.25, 0.3) is 0 Å². The maximum atomic E-state index is 11.5. The molecule has 1 aliphatic heterocycles. The molecule has 0 aromatic heterocycles. The van der Waals surface area contributed by atoms with Crippen LogP contribution in [0, 0.1) is 11.3 Å². The molecular formula is C12H20N2O6S. The van der Waals surface area contributed by atoms with E-state index in [0.29, 0.717) is 6.42 Å². The fraction of sp³-hybridized carbons (Fsp3) is 0.750. The van der Waals surface area contributed by atoms with Crippen molar-refractivity contribution in [2.45, 2.75) is 26.7 Å². The van der Waals surface area contributed by atoms with Gasteiger partial charge >= 0.3 is 12.0 Å². The van der Waals surface area contributed by atoms with E-state index in [4.69, 9.17) is 5.11 Å². The Kier molecular flexibility index (Phi) is 5.32. The van der Waals surface area contributed by atoms with Crippen LogP contribution in [-0.4, -0.2) is 49.5 Å².